The van der Waals surface area contributed by atoms with Crippen molar-refractivity contribution in [2.75, 3.05) is 19.1 Å². The van der Waals surface area contributed by atoms with Crippen molar-refractivity contribution in [1.82, 2.24) is 0 Å². The summed E-state index contributed by atoms with van der Waals surface area (Å²) in [5, 5.41) is 0. The number of halogens is 1. The molecule has 1 aromatic carbocycles. The monoisotopic (exact) mass is 268 g/mol. The van der Waals surface area contributed by atoms with Gasteiger partial charge in [0.05, 0.1) is 13.2 Å². The lowest BCUT2D eigenvalue weighted by Gasteiger charge is -2.40. The molecule has 100 valence electrons. The number of rotatable bonds is 7. The molecule has 0 radical (unpaired) electrons. The summed E-state index contributed by atoms with van der Waals surface area (Å²) in [5.41, 5.74) is 0.335. The number of para-hydroxylation sites is 2. The summed E-state index contributed by atoms with van der Waals surface area (Å²) in [4.78, 5) is 0. The van der Waals surface area contributed by atoms with E-state index in [0.717, 1.165) is 30.4 Å². The Kier molecular flexibility index (Phi) is 4.76. The van der Waals surface area contributed by atoms with Crippen LogP contribution in [0.4, 0.5) is 0 Å². The molecule has 0 N–H and O–H groups in total. The van der Waals surface area contributed by atoms with E-state index in [-0.39, 0.29) is 0 Å². The minimum atomic E-state index is 0.335. The Morgan fingerprint density at radius 3 is 2.33 bits per heavy atom. The van der Waals surface area contributed by atoms with Crippen LogP contribution in [-0.2, 0) is 0 Å². The number of ether oxygens (including phenoxy) is 2. The zero-order chi connectivity index (χ0) is 12.8. The zero-order valence-corrected chi connectivity index (χ0v) is 11.7. The highest BCUT2D eigenvalue weighted by molar-refractivity contribution is 6.18. The third-order valence-corrected chi connectivity index (χ3v) is 4.30. The molecule has 0 unspecified atom stereocenters. The van der Waals surface area contributed by atoms with Crippen LogP contribution in [0, 0.1) is 5.41 Å². The first-order valence-corrected chi connectivity index (χ1v) is 7.24. The van der Waals surface area contributed by atoms with E-state index >= 15 is 0 Å². The van der Waals surface area contributed by atoms with Crippen molar-refractivity contribution in [2.24, 2.45) is 5.41 Å². The average Bonchev–Trinajstić information content (AvgIpc) is 2.35. The van der Waals surface area contributed by atoms with Crippen molar-refractivity contribution >= 4 is 11.6 Å². The van der Waals surface area contributed by atoms with E-state index in [1.165, 1.54) is 19.3 Å². The summed E-state index contributed by atoms with van der Waals surface area (Å²) < 4.78 is 11.4. The molecule has 1 saturated carbocycles. The first-order chi connectivity index (χ1) is 8.79. The molecule has 0 aromatic heterocycles. The van der Waals surface area contributed by atoms with Gasteiger partial charge in [-0.1, -0.05) is 18.6 Å². The topological polar surface area (TPSA) is 18.5 Å². The minimum Gasteiger partial charge on any atom is -0.490 e. The fourth-order valence-electron chi connectivity index (χ4n) is 2.35. The maximum atomic E-state index is 6.04. The average molecular weight is 269 g/mol. The Labute approximate surface area is 114 Å². The first kappa shape index (κ1) is 13.5. The van der Waals surface area contributed by atoms with Gasteiger partial charge in [0.15, 0.2) is 11.5 Å². The lowest BCUT2D eigenvalue weighted by molar-refractivity contribution is 0.118. The van der Waals surface area contributed by atoms with E-state index < -0.39 is 0 Å². The van der Waals surface area contributed by atoms with Gasteiger partial charge in [0, 0.05) is 5.88 Å². The van der Waals surface area contributed by atoms with Gasteiger partial charge in [-0.25, -0.2) is 0 Å². The molecule has 1 aliphatic carbocycles. The van der Waals surface area contributed by atoms with Crippen molar-refractivity contribution in [3.63, 3.8) is 0 Å². The normalized spacial score (nSPS) is 17.0. The fourth-order valence-corrected chi connectivity index (χ4v) is 2.75. The largest absolute Gasteiger partial charge is 0.490 e. The molecule has 0 bridgehead atoms. The predicted molar refractivity (Wildman–Crippen MR) is 74.7 cm³/mol. The third-order valence-electron chi connectivity index (χ3n) is 3.74. The van der Waals surface area contributed by atoms with Crippen LogP contribution in [0.1, 0.15) is 32.6 Å². The van der Waals surface area contributed by atoms with Gasteiger partial charge in [-0.15, -0.1) is 11.6 Å². The second-order valence-electron chi connectivity index (χ2n) is 4.97. The molecule has 0 amide bonds. The minimum absolute atomic E-state index is 0.335. The summed E-state index contributed by atoms with van der Waals surface area (Å²) in [6.45, 7) is 3.36. The van der Waals surface area contributed by atoms with Crippen molar-refractivity contribution in [3.05, 3.63) is 24.3 Å². The Hall–Kier alpha value is -0.890. The number of hydrogen-bond donors (Lipinski definition) is 0. The number of hydrogen-bond acceptors (Lipinski definition) is 2. The molecule has 0 heterocycles. The van der Waals surface area contributed by atoms with Crippen LogP contribution in [0.25, 0.3) is 0 Å². The van der Waals surface area contributed by atoms with Crippen LogP contribution in [0.2, 0.25) is 0 Å². The van der Waals surface area contributed by atoms with Gasteiger partial charge in [0.2, 0.25) is 0 Å². The molecular formula is C15H21ClO2. The standard InChI is InChI=1S/C15H21ClO2/c1-2-17-13-6-3-4-7-14(13)18-11-10-15(12-16)8-5-9-15/h3-4,6-7H,2,5,8-12H2,1H3. The lowest BCUT2D eigenvalue weighted by atomic mass is 9.68. The van der Waals surface area contributed by atoms with Crippen molar-refractivity contribution in [2.45, 2.75) is 32.6 Å². The third kappa shape index (κ3) is 3.11. The van der Waals surface area contributed by atoms with Crippen LogP contribution in [0.15, 0.2) is 24.3 Å². The Balaban J connectivity index is 1.86. The molecule has 0 atom stereocenters. The van der Waals surface area contributed by atoms with E-state index in [1.807, 2.05) is 31.2 Å². The molecule has 1 aliphatic rings. The van der Waals surface area contributed by atoms with Crippen LogP contribution in [0.5, 0.6) is 11.5 Å². The first-order valence-electron chi connectivity index (χ1n) is 6.70. The maximum absolute atomic E-state index is 6.04. The van der Waals surface area contributed by atoms with Crippen LogP contribution >= 0.6 is 11.6 Å². The summed E-state index contributed by atoms with van der Waals surface area (Å²) in [6.07, 6.45) is 4.83. The van der Waals surface area contributed by atoms with E-state index in [0.29, 0.717) is 12.0 Å². The van der Waals surface area contributed by atoms with Crippen molar-refractivity contribution in [1.29, 1.82) is 0 Å². The molecule has 0 saturated heterocycles. The van der Waals surface area contributed by atoms with Crippen molar-refractivity contribution < 1.29 is 9.47 Å². The lowest BCUT2D eigenvalue weighted by Crippen LogP contribution is -2.33. The Morgan fingerprint density at radius 2 is 1.83 bits per heavy atom. The summed E-state index contributed by atoms with van der Waals surface area (Å²) >= 11 is 6.04. The second-order valence-corrected chi connectivity index (χ2v) is 5.23. The van der Waals surface area contributed by atoms with E-state index in [1.54, 1.807) is 0 Å². The van der Waals surface area contributed by atoms with Gasteiger partial charge in [0.25, 0.3) is 0 Å². The van der Waals surface area contributed by atoms with E-state index in [4.69, 9.17) is 21.1 Å². The molecule has 2 rings (SSSR count). The maximum Gasteiger partial charge on any atom is 0.161 e. The summed E-state index contributed by atoms with van der Waals surface area (Å²) in [5.74, 6) is 2.42. The van der Waals surface area contributed by atoms with E-state index in [2.05, 4.69) is 0 Å². The second kappa shape index (κ2) is 6.33. The van der Waals surface area contributed by atoms with Gasteiger partial charge in [0.1, 0.15) is 0 Å². The highest BCUT2D eigenvalue weighted by atomic mass is 35.5. The SMILES string of the molecule is CCOc1ccccc1OCCC1(CCl)CCC1. The van der Waals surface area contributed by atoms with Gasteiger partial charge in [-0.05, 0) is 43.7 Å². The summed E-state index contributed by atoms with van der Waals surface area (Å²) in [7, 11) is 0. The van der Waals surface area contributed by atoms with Gasteiger partial charge in [-0.2, -0.15) is 0 Å². The molecular weight excluding hydrogens is 248 g/mol. The Bertz CT molecular complexity index is 369. The molecule has 2 nitrogen and oxygen atoms in total. The molecule has 1 fully saturated rings. The number of benzene rings is 1. The van der Waals surface area contributed by atoms with Crippen LogP contribution in [-0.4, -0.2) is 19.1 Å². The molecule has 0 spiro atoms. The number of alkyl halides is 1. The predicted octanol–water partition coefficient (Wildman–Crippen LogP) is 4.26. The molecule has 1 aromatic rings. The quantitative estimate of drug-likeness (QED) is 0.688. The highest BCUT2D eigenvalue weighted by Gasteiger charge is 2.35. The zero-order valence-electron chi connectivity index (χ0n) is 11.0. The smallest absolute Gasteiger partial charge is 0.161 e. The molecule has 0 aliphatic heterocycles. The van der Waals surface area contributed by atoms with E-state index in [9.17, 15) is 0 Å². The summed E-state index contributed by atoms with van der Waals surface area (Å²) in [6, 6.07) is 7.83. The van der Waals surface area contributed by atoms with Gasteiger partial charge < -0.3 is 9.47 Å². The van der Waals surface area contributed by atoms with Crippen molar-refractivity contribution in [3.8, 4) is 11.5 Å². The van der Waals surface area contributed by atoms with Gasteiger partial charge in [-0.3, -0.25) is 0 Å². The Morgan fingerprint density at radius 1 is 1.17 bits per heavy atom. The van der Waals surface area contributed by atoms with Gasteiger partial charge >= 0.3 is 0 Å². The van der Waals surface area contributed by atoms with Crippen LogP contribution < -0.4 is 9.47 Å². The van der Waals surface area contributed by atoms with Crippen LogP contribution in [0.3, 0.4) is 0 Å². The highest BCUT2D eigenvalue weighted by Crippen LogP contribution is 2.44. The molecule has 3 heteroatoms. The fraction of sp³-hybridized carbons (Fsp3) is 0.600. The molecule has 18 heavy (non-hydrogen) atoms.